The van der Waals surface area contributed by atoms with Gasteiger partial charge in [0.15, 0.2) is 0 Å². The maximum atomic E-state index is 12.6. The molecule has 0 bridgehead atoms. The quantitative estimate of drug-likeness (QED) is 0.919. The number of carbonyl (C=O) groups excluding carboxylic acids is 1. The van der Waals surface area contributed by atoms with E-state index < -0.39 is 0 Å². The summed E-state index contributed by atoms with van der Waals surface area (Å²) in [5, 5.41) is 7.62. The fraction of sp³-hybridized carbons (Fsp3) is 0.524. The van der Waals surface area contributed by atoms with Crippen molar-refractivity contribution in [2.24, 2.45) is 0 Å². The SMILES string of the molecule is CC(C)c1ccc(-n2cc(CN3CCCC34CCCNC4=O)cn2)cc1. The number of benzene rings is 1. The number of hydrogen-bond donors (Lipinski definition) is 1. The summed E-state index contributed by atoms with van der Waals surface area (Å²) in [6.07, 6.45) is 8.15. The molecule has 2 fully saturated rings. The highest BCUT2D eigenvalue weighted by Gasteiger charge is 2.48. The van der Waals surface area contributed by atoms with E-state index in [1.807, 2.05) is 10.9 Å². The summed E-state index contributed by atoms with van der Waals surface area (Å²) in [4.78, 5) is 14.9. The number of aromatic nitrogens is 2. The summed E-state index contributed by atoms with van der Waals surface area (Å²) in [6, 6.07) is 8.59. The van der Waals surface area contributed by atoms with E-state index in [0.717, 1.165) is 56.6 Å². The van der Waals surface area contributed by atoms with Crippen molar-refractivity contribution < 1.29 is 4.79 Å². The van der Waals surface area contributed by atoms with Gasteiger partial charge < -0.3 is 5.32 Å². The molecule has 2 aromatic rings. The highest BCUT2D eigenvalue weighted by molar-refractivity contribution is 5.87. The third-order valence-electron chi connectivity index (χ3n) is 5.93. The van der Waals surface area contributed by atoms with Crippen molar-refractivity contribution in [2.45, 2.75) is 57.5 Å². The van der Waals surface area contributed by atoms with Crippen LogP contribution in [-0.2, 0) is 11.3 Å². The molecule has 1 N–H and O–H groups in total. The van der Waals surface area contributed by atoms with Crippen LogP contribution in [0.5, 0.6) is 0 Å². The van der Waals surface area contributed by atoms with Crippen molar-refractivity contribution in [1.29, 1.82) is 0 Å². The van der Waals surface area contributed by atoms with Crippen LogP contribution in [0.1, 0.15) is 56.6 Å². The predicted octanol–water partition coefficient (Wildman–Crippen LogP) is 3.24. The Morgan fingerprint density at radius 2 is 1.96 bits per heavy atom. The molecule has 1 atom stereocenters. The van der Waals surface area contributed by atoms with Crippen LogP contribution in [0.4, 0.5) is 0 Å². The first-order valence-electron chi connectivity index (χ1n) is 9.76. The molecule has 4 rings (SSSR count). The summed E-state index contributed by atoms with van der Waals surface area (Å²) >= 11 is 0. The number of amides is 1. The van der Waals surface area contributed by atoms with E-state index in [-0.39, 0.29) is 11.4 Å². The summed E-state index contributed by atoms with van der Waals surface area (Å²) in [6.45, 7) is 7.00. The minimum Gasteiger partial charge on any atom is -0.354 e. The molecule has 0 radical (unpaired) electrons. The van der Waals surface area contributed by atoms with Crippen molar-refractivity contribution >= 4 is 5.91 Å². The van der Waals surface area contributed by atoms with Gasteiger partial charge in [0.1, 0.15) is 5.54 Å². The lowest BCUT2D eigenvalue weighted by atomic mass is 9.86. The second kappa shape index (κ2) is 6.88. The summed E-state index contributed by atoms with van der Waals surface area (Å²) in [7, 11) is 0. The maximum Gasteiger partial charge on any atom is 0.240 e. The van der Waals surface area contributed by atoms with Gasteiger partial charge in [-0.05, 0) is 55.8 Å². The van der Waals surface area contributed by atoms with Crippen LogP contribution < -0.4 is 5.32 Å². The number of hydrogen-bond acceptors (Lipinski definition) is 3. The van der Waals surface area contributed by atoms with Crippen molar-refractivity contribution in [3.63, 3.8) is 0 Å². The largest absolute Gasteiger partial charge is 0.354 e. The van der Waals surface area contributed by atoms with E-state index in [0.29, 0.717) is 5.92 Å². The summed E-state index contributed by atoms with van der Waals surface area (Å²) in [5.74, 6) is 0.753. The van der Waals surface area contributed by atoms with Crippen LogP contribution in [0.25, 0.3) is 5.69 Å². The molecular weight excluding hydrogens is 324 g/mol. The van der Waals surface area contributed by atoms with Crippen molar-refractivity contribution in [1.82, 2.24) is 20.0 Å². The summed E-state index contributed by atoms with van der Waals surface area (Å²) in [5.41, 5.74) is 3.28. The molecule has 3 heterocycles. The van der Waals surface area contributed by atoms with Gasteiger partial charge in [-0.15, -0.1) is 0 Å². The second-order valence-electron chi connectivity index (χ2n) is 7.96. The Labute approximate surface area is 155 Å². The van der Waals surface area contributed by atoms with E-state index in [2.05, 4.69) is 59.6 Å². The van der Waals surface area contributed by atoms with Gasteiger partial charge in [-0.3, -0.25) is 9.69 Å². The lowest BCUT2D eigenvalue weighted by molar-refractivity contribution is -0.134. The molecule has 5 nitrogen and oxygen atoms in total. The molecule has 1 aromatic heterocycles. The fourth-order valence-corrected chi connectivity index (χ4v) is 4.38. The van der Waals surface area contributed by atoms with E-state index in [1.165, 1.54) is 5.56 Å². The van der Waals surface area contributed by atoms with Gasteiger partial charge >= 0.3 is 0 Å². The zero-order valence-electron chi connectivity index (χ0n) is 15.7. The molecule has 1 unspecified atom stereocenters. The van der Waals surface area contributed by atoms with Crippen molar-refractivity contribution in [3.05, 3.63) is 47.8 Å². The monoisotopic (exact) mass is 352 g/mol. The molecule has 1 aromatic carbocycles. The number of nitrogens with zero attached hydrogens (tertiary/aromatic N) is 3. The first-order chi connectivity index (χ1) is 12.6. The topological polar surface area (TPSA) is 50.2 Å². The number of piperidine rings is 1. The van der Waals surface area contributed by atoms with E-state index >= 15 is 0 Å². The van der Waals surface area contributed by atoms with Gasteiger partial charge in [0, 0.05) is 24.8 Å². The highest BCUT2D eigenvalue weighted by atomic mass is 16.2. The molecule has 26 heavy (non-hydrogen) atoms. The molecule has 5 heteroatoms. The Balaban J connectivity index is 1.50. The van der Waals surface area contributed by atoms with Crippen LogP contribution in [0.15, 0.2) is 36.7 Å². The van der Waals surface area contributed by atoms with Crippen molar-refractivity contribution in [2.75, 3.05) is 13.1 Å². The minimum atomic E-state index is -0.292. The first kappa shape index (κ1) is 17.3. The van der Waals surface area contributed by atoms with E-state index in [1.54, 1.807) is 0 Å². The van der Waals surface area contributed by atoms with Gasteiger partial charge in [0.2, 0.25) is 5.91 Å². The Morgan fingerprint density at radius 1 is 1.19 bits per heavy atom. The Hall–Kier alpha value is -2.14. The van der Waals surface area contributed by atoms with Gasteiger partial charge in [-0.1, -0.05) is 26.0 Å². The average molecular weight is 352 g/mol. The molecule has 1 amide bonds. The molecule has 1 spiro atoms. The second-order valence-corrected chi connectivity index (χ2v) is 7.96. The van der Waals surface area contributed by atoms with Crippen LogP contribution in [0, 0.1) is 0 Å². The predicted molar refractivity (Wildman–Crippen MR) is 102 cm³/mol. The number of rotatable bonds is 4. The third-order valence-corrected chi connectivity index (χ3v) is 5.93. The Bertz CT molecular complexity index is 780. The molecule has 2 aliphatic heterocycles. The third kappa shape index (κ3) is 3.05. The van der Waals surface area contributed by atoms with E-state index in [9.17, 15) is 4.79 Å². The lowest BCUT2D eigenvalue weighted by Gasteiger charge is -2.40. The van der Waals surface area contributed by atoms with E-state index in [4.69, 9.17) is 0 Å². The number of nitrogens with one attached hydrogen (secondary N) is 1. The maximum absolute atomic E-state index is 12.6. The Morgan fingerprint density at radius 3 is 2.69 bits per heavy atom. The summed E-state index contributed by atoms with van der Waals surface area (Å²) < 4.78 is 1.93. The minimum absolute atomic E-state index is 0.220. The van der Waals surface area contributed by atoms with Crippen LogP contribution in [0.3, 0.4) is 0 Å². The van der Waals surface area contributed by atoms with Crippen molar-refractivity contribution in [3.8, 4) is 5.69 Å². The molecular formula is C21H28N4O. The number of likely N-dealkylation sites (tertiary alicyclic amines) is 1. The standard InChI is InChI=1S/C21H28N4O/c1-16(2)18-5-7-19(8-6-18)25-15-17(13-23-25)14-24-12-4-10-21(24)9-3-11-22-20(21)26/h5-8,13,15-16H,3-4,9-12,14H2,1-2H3,(H,22,26). The van der Waals surface area contributed by atoms with Gasteiger partial charge in [-0.25, -0.2) is 4.68 Å². The zero-order chi connectivity index (χ0) is 18.1. The molecule has 0 aliphatic carbocycles. The molecule has 2 saturated heterocycles. The zero-order valence-corrected chi connectivity index (χ0v) is 15.7. The normalized spacial score (nSPS) is 23.7. The smallest absolute Gasteiger partial charge is 0.240 e. The number of carbonyl (C=O) groups is 1. The van der Waals surface area contributed by atoms with Crippen LogP contribution >= 0.6 is 0 Å². The molecule has 138 valence electrons. The van der Waals surface area contributed by atoms with Crippen LogP contribution in [-0.4, -0.2) is 39.2 Å². The molecule has 0 saturated carbocycles. The van der Waals surface area contributed by atoms with Gasteiger partial charge in [-0.2, -0.15) is 5.10 Å². The average Bonchev–Trinajstić information content (AvgIpc) is 3.26. The van der Waals surface area contributed by atoms with Gasteiger partial charge in [0.25, 0.3) is 0 Å². The lowest BCUT2D eigenvalue weighted by Crippen LogP contribution is -2.58. The van der Waals surface area contributed by atoms with Gasteiger partial charge in [0.05, 0.1) is 11.9 Å². The van der Waals surface area contributed by atoms with Crippen LogP contribution in [0.2, 0.25) is 0 Å². The molecule has 2 aliphatic rings. The fourth-order valence-electron chi connectivity index (χ4n) is 4.38. The first-order valence-corrected chi connectivity index (χ1v) is 9.76. The highest BCUT2D eigenvalue weighted by Crippen LogP contribution is 2.36. The Kier molecular flexibility index (Phi) is 4.57.